The summed E-state index contributed by atoms with van der Waals surface area (Å²) in [5.74, 6) is -2.23. The summed E-state index contributed by atoms with van der Waals surface area (Å²) in [6.07, 6.45) is 9.65. The first-order valence-corrected chi connectivity index (χ1v) is 13.6. The quantitative estimate of drug-likeness (QED) is 0.477. The Morgan fingerprint density at radius 1 is 1.32 bits per heavy atom. The molecule has 34 heavy (non-hydrogen) atoms. The van der Waals surface area contributed by atoms with Crippen molar-refractivity contribution in [3.8, 4) is 5.19 Å². The van der Waals surface area contributed by atoms with Gasteiger partial charge in [0.2, 0.25) is 5.91 Å². The van der Waals surface area contributed by atoms with Crippen molar-refractivity contribution in [3.05, 3.63) is 32.7 Å². The van der Waals surface area contributed by atoms with Gasteiger partial charge < -0.3 is 10.1 Å². The molecule has 0 atom stereocenters. The van der Waals surface area contributed by atoms with Crippen molar-refractivity contribution >= 4 is 34.7 Å². The van der Waals surface area contributed by atoms with E-state index >= 15 is 0 Å². The fraction of sp³-hybridized carbons (Fsp3) is 0.625. The molecule has 10 heteroatoms. The van der Waals surface area contributed by atoms with E-state index in [9.17, 15) is 13.6 Å². The van der Waals surface area contributed by atoms with Gasteiger partial charge in [-0.25, -0.2) is 18.7 Å². The predicted molar refractivity (Wildman–Crippen MR) is 132 cm³/mol. The highest BCUT2D eigenvalue weighted by molar-refractivity contribution is 7.13. The highest BCUT2D eigenvalue weighted by Gasteiger charge is 2.27. The van der Waals surface area contributed by atoms with Gasteiger partial charge in [-0.05, 0) is 64.0 Å². The summed E-state index contributed by atoms with van der Waals surface area (Å²) in [4.78, 5) is 24.6. The van der Waals surface area contributed by atoms with Crippen LogP contribution in [0, 0.1) is 12.8 Å². The van der Waals surface area contributed by atoms with Gasteiger partial charge in [0.1, 0.15) is 0 Å². The van der Waals surface area contributed by atoms with Gasteiger partial charge in [-0.1, -0.05) is 11.3 Å². The van der Waals surface area contributed by atoms with Crippen LogP contribution in [-0.2, 0) is 17.8 Å². The van der Waals surface area contributed by atoms with Crippen LogP contribution in [-0.4, -0.2) is 52.4 Å². The molecular weight excluding hydrogens is 478 g/mol. The van der Waals surface area contributed by atoms with E-state index in [1.165, 1.54) is 11.3 Å². The zero-order valence-corrected chi connectivity index (χ0v) is 21.3. The highest BCUT2D eigenvalue weighted by atomic mass is 32.1. The molecule has 0 bridgehead atoms. The minimum atomic E-state index is -2.85. The molecule has 2 aromatic rings. The molecule has 0 spiro atoms. The third-order valence-electron chi connectivity index (χ3n) is 6.33. The maximum Gasteiger partial charge on any atom is 0.278 e. The van der Waals surface area contributed by atoms with Gasteiger partial charge in [-0.2, -0.15) is 0 Å². The lowest BCUT2D eigenvalue weighted by Crippen LogP contribution is -2.37. The van der Waals surface area contributed by atoms with Crippen LogP contribution >= 0.6 is 22.7 Å². The summed E-state index contributed by atoms with van der Waals surface area (Å²) in [5, 5.41) is 6.42. The van der Waals surface area contributed by atoms with Crippen LogP contribution < -0.4 is 10.1 Å². The number of halogens is 2. The molecule has 1 amide bonds. The topological polar surface area (TPSA) is 67.4 Å². The summed E-state index contributed by atoms with van der Waals surface area (Å²) >= 11 is 2.97. The zero-order valence-electron chi connectivity index (χ0n) is 19.7. The molecule has 1 N–H and O–H groups in total. The van der Waals surface area contributed by atoms with Crippen molar-refractivity contribution in [3.63, 3.8) is 0 Å². The fourth-order valence-electron chi connectivity index (χ4n) is 4.50. The van der Waals surface area contributed by atoms with Crippen molar-refractivity contribution in [2.45, 2.75) is 70.9 Å². The van der Waals surface area contributed by atoms with E-state index < -0.39 is 12.5 Å². The van der Waals surface area contributed by atoms with Crippen molar-refractivity contribution in [1.29, 1.82) is 0 Å². The molecule has 0 radical (unpaired) electrons. The average Bonchev–Trinajstić information content (AvgIpc) is 3.40. The van der Waals surface area contributed by atoms with E-state index in [1.54, 1.807) is 23.5 Å². The fourth-order valence-corrected chi connectivity index (χ4v) is 5.98. The molecule has 1 aliphatic heterocycles. The van der Waals surface area contributed by atoms with Gasteiger partial charge in [-0.3, -0.25) is 9.69 Å². The minimum absolute atomic E-state index is 0.0486. The third kappa shape index (κ3) is 7.55. The number of hydrogen-bond donors (Lipinski definition) is 1. The lowest BCUT2D eigenvalue weighted by molar-refractivity contribution is -0.117. The second-order valence-corrected chi connectivity index (χ2v) is 11.5. The molecule has 4 rings (SSSR count). The maximum absolute atomic E-state index is 13.0. The molecule has 0 saturated heterocycles. The summed E-state index contributed by atoms with van der Waals surface area (Å²) < 4.78 is 31.3. The molecule has 186 valence electrons. The molecule has 1 saturated carbocycles. The predicted octanol–water partition coefficient (Wildman–Crippen LogP) is 5.08. The van der Waals surface area contributed by atoms with E-state index in [4.69, 9.17) is 4.74 Å². The van der Waals surface area contributed by atoms with E-state index in [2.05, 4.69) is 20.2 Å². The van der Waals surface area contributed by atoms with E-state index in [0.29, 0.717) is 11.1 Å². The molecule has 2 aliphatic rings. The van der Waals surface area contributed by atoms with Gasteiger partial charge in [0.25, 0.3) is 11.1 Å². The van der Waals surface area contributed by atoms with Crippen LogP contribution in [0.2, 0.25) is 0 Å². The Bertz CT molecular complexity index is 994. The second kappa shape index (κ2) is 11.2. The van der Waals surface area contributed by atoms with Crippen molar-refractivity contribution in [1.82, 2.24) is 20.2 Å². The van der Waals surface area contributed by atoms with Crippen LogP contribution in [0.3, 0.4) is 0 Å². The largest absolute Gasteiger partial charge is 0.464 e. The van der Waals surface area contributed by atoms with Crippen LogP contribution in [0.25, 0.3) is 6.08 Å². The van der Waals surface area contributed by atoms with Crippen LogP contribution in [0.15, 0.2) is 11.5 Å². The number of aryl methyl sites for hydroxylation is 1. The molecule has 0 unspecified atom stereocenters. The van der Waals surface area contributed by atoms with Crippen molar-refractivity contribution in [2.75, 3.05) is 19.7 Å². The number of thiazole rings is 2. The Morgan fingerprint density at radius 3 is 2.82 bits per heavy atom. The number of nitrogens with one attached hydrogen (secondary N) is 1. The number of fused-ring (bicyclic) bond motifs is 1. The number of aromatic nitrogens is 2. The summed E-state index contributed by atoms with van der Waals surface area (Å²) in [5.41, 5.74) is 1.80. The van der Waals surface area contributed by atoms with Crippen molar-refractivity contribution < 1.29 is 18.3 Å². The molecule has 6 nitrogen and oxygen atoms in total. The van der Waals surface area contributed by atoms with Crippen LogP contribution in [0.4, 0.5) is 8.78 Å². The SMILES string of the molecule is Cc1nc(/C=C/C(=O)NC2CCC(CCN3CCc4sc(OCC(C)(F)F)nc4C3)CC2)cs1. The normalized spacial score (nSPS) is 21.5. The molecule has 0 aromatic carbocycles. The van der Waals surface area contributed by atoms with Gasteiger partial charge in [0.05, 0.1) is 16.4 Å². The molecule has 1 fully saturated rings. The Hall–Kier alpha value is -1.91. The summed E-state index contributed by atoms with van der Waals surface area (Å²) in [6, 6.07) is 0.243. The number of carbonyl (C=O) groups is 1. The molecule has 2 aromatic heterocycles. The van der Waals surface area contributed by atoms with Gasteiger partial charge >= 0.3 is 0 Å². The number of alkyl halides is 2. The third-order valence-corrected chi connectivity index (χ3v) is 8.19. The Balaban J connectivity index is 1.15. The second-order valence-electron chi connectivity index (χ2n) is 9.37. The molecule has 1 aliphatic carbocycles. The zero-order chi connectivity index (χ0) is 24.1. The summed E-state index contributed by atoms with van der Waals surface area (Å²) in [6.45, 7) is 4.91. The van der Waals surface area contributed by atoms with Gasteiger partial charge in [0, 0.05) is 42.4 Å². The number of ether oxygens (including phenoxy) is 1. The first kappa shape index (κ1) is 25.2. The van der Waals surface area contributed by atoms with Gasteiger partial charge in [-0.15, -0.1) is 11.3 Å². The average molecular weight is 511 g/mol. The van der Waals surface area contributed by atoms with Crippen LogP contribution in [0.1, 0.15) is 60.3 Å². The number of hydrogen-bond acceptors (Lipinski definition) is 7. The number of nitrogens with zero attached hydrogens (tertiary/aromatic N) is 3. The van der Waals surface area contributed by atoms with Gasteiger partial charge in [0.15, 0.2) is 6.61 Å². The van der Waals surface area contributed by atoms with E-state index in [1.807, 2.05) is 12.3 Å². The molecular formula is C24H32F2N4O2S2. The number of carbonyl (C=O) groups excluding carboxylic acids is 1. The lowest BCUT2D eigenvalue weighted by Gasteiger charge is -2.31. The standard InChI is InChI=1S/C24H32F2N4O2S2/c1-16-27-19(14-33-16)7-8-22(31)28-18-5-3-17(4-6-18)9-11-30-12-10-21-20(13-30)29-23(34-21)32-15-24(2,25)26/h7-8,14,17-18H,3-6,9-13,15H2,1-2H3,(H,28,31)/b8-7+. The number of amides is 1. The summed E-state index contributed by atoms with van der Waals surface area (Å²) in [7, 11) is 0. The number of rotatable bonds is 9. The van der Waals surface area contributed by atoms with E-state index in [-0.39, 0.29) is 11.9 Å². The minimum Gasteiger partial charge on any atom is -0.464 e. The Kier molecular flexibility index (Phi) is 8.31. The maximum atomic E-state index is 13.0. The Morgan fingerprint density at radius 2 is 2.12 bits per heavy atom. The highest BCUT2D eigenvalue weighted by Crippen LogP contribution is 2.32. The van der Waals surface area contributed by atoms with Crippen LogP contribution in [0.5, 0.6) is 5.19 Å². The first-order chi connectivity index (χ1) is 16.2. The smallest absolute Gasteiger partial charge is 0.278 e. The monoisotopic (exact) mass is 510 g/mol. The Labute approximate surface area is 207 Å². The van der Waals surface area contributed by atoms with E-state index in [0.717, 1.165) is 86.4 Å². The molecule has 3 heterocycles. The first-order valence-electron chi connectivity index (χ1n) is 11.9. The lowest BCUT2D eigenvalue weighted by atomic mass is 9.84. The van der Waals surface area contributed by atoms with Crippen molar-refractivity contribution in [2.24, 2.45) is 5.92 Å².